The highest BCUT2D eigenvalue weighted by Crippen LogP contribution is 2.24. The largest absolute Gasteiger partial charge is 0.279 e. The minimum Gasteiger partial charge on any atom is -0.279 e. The molecule has 0 aliphatic heterocycles. The monoisotopic (exact) mass is 334 g/mol. The van der Waals surface area contributed by atoms with E-state index in [2.05, 4.69) is 11.6 Å². The van der Waals surface area contributed by atoms with E-state index >= 15 is 0 Å². The van der Waals surface area contributed by atoms with Crippen LogP contribution in [0.25, 0.3) is 0 Å². The van der Waals surface area contributed by atoms with Crippen molar-refractivity contribution in [2.24, 2.45) is 0 Å². The van der Waals surface area contributed by atoms with Gasteiger partial charge in [-0.2, -0.15) is 0 Å². The molecule has 2 rings (SSSR count). The normalized spacial score (nSPS) is 11.2. The maximum Gasteiger partial charge on any atom is 0.271 e. The summed E-state index contributed by atoms with van der Waals surface area (Å²) in [6, 6.07) is 10.7. The van der Waals surface area contributed by atoms with Gasteiger partial charge in [0.1, 0.15) is 0 Å². The predicted octanol–water partition coefficient (Wildman–Crippen LogP) is 3.66. The second-order valence-electron chi connectivity index (χ2n) is 5.26. The van der Waals surface area contributed by atoms with E-state index in [9.17, 15) is 18.5 Å². The van der Waals surface area contributed by atoms with Crippen molar-refractivity contribution in [3.05, 3.63) is 63.7 Å². The van der Waals surface area contributed by atoms with Gasteiger partial charge in [0.05, 0.1) is 15.5 Å². The Morgan fingerprint density at radius 1 is 1.13 bits per heavy atom. The molecular weight excluding hydrogens is 316 g/mol. The van der Waals surface area contributed by atoms with Crippen LogP contribution in [0, 0.1) is 17.0 Å². The number of aryl methyl sites for hydroxylation is 2. The van der Waals surface area contributed by atoms with E-state index in [0.717, 1.165) is 18.4 Å². The zero-order valence-electron chi connectivity index (χ0n) is 12.9. The maximum absolute atomic E-state index is 12.4. The number of nitrogens with zero attached hydrogens (tertiary/aromatic N) is 1. The zero-order valence-corrected chi connectivity index (χ0v) is 13.8. The van der Waals surface area contributed by atoms with Gasteiger partial charge >= 0.3 is 0 Å². The quantitative estimate of drug-likeness (QED) is 0.645. The summed E-state index contributed by atoms with van der Waals surface area (Å²) in [4.78, 5) is 10.4. The molecule has 0 heterocycles. The number of nitrogens with one attached hydrogen (secondary N) is 1. The lowest BCUT2D eigenvalue weighted by molar-refractivity contribution is -0.384. The Morgan fingerprint density at radius 2 is 1.78 bits per heavy atom. The van der Waals surface area contributed by atoms with Crippen LogP contribution in [-0.4, -0.2) is 13.3 Å². The second kappa shape index (κ2) is 6.78. The average molecular weight is 334 g/mol. The Labute approximate surface area is 135 Å². The van der Waals surface area contributed by atoms with Crippen LogP contribution in [0.3, 0.4) is 0 Å². The molecule has 0 saturated heterocycles. The van der Waals surface area contributed by atoms with Crippen LogP contribution in [0.4, 0.5) is 11.4 Å². The summed E-state index contributed by atoms with van der Waals surface area (Å²) in [5.74, 6) is 0. The minimum absolute atomic E-state index is 0.128. The first-order chi connectivity index (χ1) is 10.8. The van der Waals surface area contributed by atoms with Crippen molar-refractivity contribution in [2.75, 3.05) is 4.72 Å². The molecule has 122 valence electrons. The van der Waals surface area contributed by atoms with Gasteiger partial charge in [0.25, 0.3) is 15.7 Å². The molecule has 0 unspecified atom stereocenters. The van der Waals surface area contributed by atoms with Crippen molar-refractivity contribution in [2.45, 2.75) is 31.6 Å². The van der Waals surface area contributed by atoms with Crippen LogP contribution < -0.4 is 4.72 Å². The van der Waals surface area contributed by atoms with Crippen LogP contribution in [0.1, 0.15) is 24.5 Å². The molecule has 0 aromatic heterocycles. The summed E-state index contributed by atoms with van der Waals surface area (Å²) in [5.41, 5.74) is 1.73. The average Bonchev–Trinajstić information content (AvgIpc) is 2.50. The Morgan fingerprint density at radius 3 is 2.35 bits per heavy atom. The van der Waals surface area contributed by atoms with E-state index in [1.807, 2.05) is 0 Å². The number of rotatable bonds is 6. The van der Waals surface area contributed by atoms with E-state index in [-0.39, 0.29) is 16.3 Å². The van der Waals surface area contributed by atoms with Gasteiger partial charge in [-0.05, 0) is 36.6 Å². The second-order valence-corrected chi connectivity index (χ2v) is 6.94. The zero-order chi connectivity index (χ0) is 17.0. The summed E-state index contributed by atoms with van der Waals surface area (Å²) in [6.45, 7) is 3.74. The van der Waals surface area contributed by atoms with E-state index in [1.54, 1.807) is 31.2 Å². The van der Waals surface area contributed by atoms with Crippen molar-refractivity contribution >= 4 is 21.4 Å². The van der Waals surface area contributed by atoms with Crippen LogP contribution in [-0.2, 0) is 16.4 Å². The summed E-state index contributed by atoms with van der Waals surface area (Å²) in [7, 11) is -3.78. The van der Waals surface area contributed by atoms with Crippen molar-refractivity contribution < 1.29 is 13.3 Å². The summed E-state index contributed by atoms with van der Waals surface area (Å²) in [5, 5.41) is 10.8. The summed E-state index contributed by atoms with van der Waals surface area (Å²) in [6.07, 6.45) is 1.87. The van der Waals surface area contributed by atoms with Crippen LogP contribution in [0.2, 0.25) is 0 Å². The third-order valence-corrected chi connectivity index (χ3v) is 4.83. The summed E-state index contributed by atoms with van der Waals surface area (Å²) >= 11 is 0. The van der Waals surface area contributed by atoms with E-state index < -0.39 is 14.9 Å². The van der Waals surface area contributed by atoms with Crippen LogP contribution in [0.15, 0.2) is 47.4 Å². The molecule has 0 fully saturated rings. The lowest BCUT2D eigenvalue weighted by Crippen LogP contribution is -2.14. The maximum atomic E-state index is 12.4. The molecule has 2 aromatic carbocycles. The lowest BCUT2D eigenvalue weighted by atomic mass is 10.1. The van der Waals surface area contributed by atoms with Gasteiger partial charge in [-0.15, -0.1) is 0 Å². The fraction of sp³-hybridized carbons (Fsp3) is 0.250. The Balaban J connectivity index is 2.30. The van der Waals surface area contributed by atoms with Crippen molar-refractivity contribution in [3.8, 4) is 0 Å². The van der Waals surface area contributed by atoms with Gasteiger partial charge < -0.3 is 0 Å². The predicted molar refractivity (Wildman–Crippen MR) is 89.1 cm³/mol. The molecule has 2 aromatic rings. The number of non-ortho nitro benzene ring substituents is 1. The number of nitro benzene ring substituents is 1. The van der Waals surface area contributed by atoms with Gasteiger partial charge in [0.2, 0.25) is 0 Å². The van der Waals surface area contributed by atoms with Gasteiger partial charge in [-0.3, -0.25) is 14.8 Å². The molecule has 0 saturated carbocycles. The number of sulfonamides is 1. The molecule has 0 aliphatic rings. The number of anilines is 1. The van der Waals surface area contributed by atoms with Crippen molar-refractivity contribution in [3.63, 3.8) is 0 Å². The fourth-order valence-corrected chi connectivity index (χ4v) is 3.28. The highest BCUT2D eigenvalue weighted by Gasteiger charge is 2.17. The SMILES string of the molecule is CCCc1ccc(S(=O)(=O)Nc2cc([N+](=O)[O-])ccc2C)cc1. The van der Waals surface area contributed by atoms with Crippen LogP contribution in [0.5, 0.6) is 0 Å². The molecule has 0 amide bonds. The van der Waals surface area contributed by atoms with E-state index in [1.165, 1.54) is 18.2 Å². The first-order valence-electron chi connectivity index (χ1n) is 7.20. The first-order valence-corrected chi connectivity index (χ1v) is 8.68. The third kappa shape index (κ3) is 4.07. The Hall–Kier alpha value is -2.41. The van der Waals surface area contributed by atoms with Crippen LogP contribution >= 0.6 is 0 Å². The molecule has 1 N–H and O–H groups in total. The number of hydrogen-bond donors (Lipinski definition) is 1. The number of benzene rings is 2. The molecule has 6 nitrogen and oxygen atoms in total. The smallest absolute Gasteiger partial charge is 0.271 e. The van der Waals surface area contributed by atoms with E-state index in [4.69, 9.17) is 0 Å². The molecule has 0 spiro atoms. The van der Waals surface area contributed by atoms with Gasteiger partial charge in [0.15, 0.2) is 0 Å². The Bertz CT molecular complexity index is 814. The molecule has 0 atom stereocenters. The first kappa shape index (κ1) is 17.0. The molecule has 0 aliphatic carbocycles. The van der Waals surface area contributed by atoms with Gasteiger partial charge in [0, 0.05) is 12.1 Å². The lowest BCUT2D eigenvalue weighted by Gasteiger charge is -2.11. The number of hydrogen-bond acceptors (Lipinski definition) is 4. The minimum atomic E-state index is -3.78. The molecule has 0 radical (unpaired) electrons. The van der Waals surface area contributed by atoms with Crippen molar-refractivity contribution in [1.82, 2.24) is 0 Å². The van der Waals surface area contributed by atoms with Gasteiger partial charge in [-0.1, -0.05) is 31.5 Å². The topological polar surface area (TPSA) is 89.3 Å². The van der Waals surface area contributed by atoms with E-state index in [0.29, 0.717) is 5.56 Å². The van der Waals surface area contributed by atoms with Crippen molar-refractivity contribution in [1.29, 1.82) is 0 Å². The summed E-state index contributed by atoms with van der Waals surface area (Å²) < 4.78 is 27.3. The molecule has 23 heavy (non-hydrogen) atoms. The highest BCUT2D eigenvalue weighted by molar-refractivity contribution is 7.92. The van der Waals surface area contributed by atoms with Gasteiger partial charge in [-0.25, -0.2) is 8.42 Å². The Kier molecular flexibility index (Phi) is 5.00. The fourth-order valence-electron chi connectivity index (χ4n) is 2.16. The third-order valence-electron chi connectivity index (χ3n) is 3.45. The standard InChI is InChI=1S/C16H18N2O4S/c1-3-4-13-6-9-15(10-7-13)23(21,22)17-16-11-14(18(19)20)8-5-12(16)2/h5-11,17H,3-4H2,1-2H3. The molecule has 7 heteroatoms. The molecule has 0 bridgehead atoms. The highest BCUT2D eigenvalue weighted by atomic mass is 32.2. The number of nitro groups is 1. The molecular formula is C16H18N2O4S.